The van der Waals surface area contributed by atoms with Gasteiger partial charge in [-0.25, -0.2) is 8.42 Å². The summed E-state index contributed by atoms with van der Waals surface area (Å²) in [5, 5.41) is 0. The molecule has 0 aromatic heterocycles. The van der Waals surface area contributed by atoms with E-state index < -0.39 is 9.84 Å². The van der Waals surface area contributed by atoms with Gasteiger partial charge in [0.1, 0.15) is 0 Å². The van der Waals surface area contributed by atoms with Crippen LogP contribution in [0.15, 0.2) is 60.5 Å². The third-order valence-corrected chi connectivity index (χ3v) is 4.47. The maximum atomic E-state index is 12.1. The molecule has 1 aromatic carbocycles. The van der Waals surface area contributed by atoms with Crippen LogP contribution < -0.4 is 0 Å². The van der Waals surface area contributed by atoms with Gasteiger partial charge in [-0.3, -0.25) is 4.79 Å². The molecule has 5 heteroatoms. The summed E-state index contributed by atoms with van der Waals surface area (Å²) in [6.07, 6.45) is 3.17. The number of nitrogens with zero attached hydrogens (tertiary/aromatic N) is 1. The Morgan fingerprint density at radius 1 is 1.10 bits per heavy atom. The van der Waals surface area contributed by atoms with Crippen molar-refractivity contribution in [1.82, 2.24) is 4.90 Å². The summed E-state index contributed by atoms with van der Waals surface area (Å²) in [6, 6.07) is 8.14. The fraction of sp³-hybridized carbons (Fsp3) is 0.267. The summed E-state index contributed by atoms with van der Waals surface area (Å²) in [5.74, 6) is -0.412. The molecule has 0 radical (unpaired) electrons. The average Bonchev–Trinajstić information content (AvgIpc) is 2.45. The second kappa shape index (κ2) is 7.65. The van der Waals surface area contributed by atoms with Gasteiger partial charge in [0, 0.05) is 19.5 Å². The maximum absolute atomic E-state index is 12.1. The number of benzene rings is 1. The van der Waals surface area contributed by atoms with Crippen LogP contribution in [-0.2, 0) is 14.6 Å². The summed E-state index contributed by atoms with van der Waals surface area (Å²) in [7, 11) is -3.42. The molecule has 108 valence electrons. The number of rotatable bonds is 8. The summed E-state index contributed by atoms with van der Waals surface area (Å²) < 4.78 is 24.1. The molecule has 0 bridgehead atoms. The van der Waals surface area contributed by atoms with Crippen LogP contribution in [0.5, 0.6) is 0 Å². The van der Waals surface area contributed by atoms with Gasteiger partial charge < -0.3 is 4.90 Å². The van der Waals surface area contributed by atoms with E-state index >= 15 is 0 Å². The SMILES string of the molecule is C=CCN(CC=C)C(=O)CCS(=O)(=O)c1ccccc1. The molecule has 0 saturated carbocycles. The molecule has 1 amide bonds. The Hall–Kier alpha value is -1.88. The molecule has 0 unspecified atom stereocenters. The van der Waals surface area contributed by atoms with Crippen molar-refractivity contribution in [3.63, 3.8) is 0 Å². The Morgan fingerprint density at radius 2 is 1.65 bits per heavy atom. The lowest BCUT2D eigenvalue weighted by Crippen LogP contribution is -2.32. The van der Waals surface area contributed by atoms with E-state index in [0.29, 0.717) is 13.1 Å². The van der Waals surface area contributed by atoms with E-state index in [2.05, 4.69) is 13.2 Å². The van der Waals surface area contributed by atoms with Crippen molar-refractivity contribution >= 4 is 15.7 Å². The zero-order valence-electron chi connectivity index (χ0n) is 11.4. The van der Waals surface area contributed by atoms with Gasteiger partial charge in [-0.2, -0.15) is 0 Å². The number of carbonyl (C=O) groups excluding carboxylic acids is 1. The number of hydrogen-bond donors (Lipinski definition) is 0. The minimum Gasteiger partial charge on any atom is -0.335 e. The molecule has 0 N–H and O–H groups in total. The predicted octanol–water partition coefficient (Wildman–Crippen LogP) is 2.05. The van der Waals surface area contributed by atoms with Gasteiger partial charge in [0.25, 0.3) is 0 Å². The van der Waals surface area contributed by atoms with Crippen molar-refractivity contribution in [3.05, 3.63) is 55.6 Å². The van der Waals surface area contributed by atoms with Crippen LogP contribution in [0.1, 0.15) is 6.42 Å². The smallest absolute Gasteiger partial charge is 0.224 e. The third kappa shape index (κ3) is 4.66. The van der Waals surface area contributed by atoms with E-state index in [1.807, 2.05) is 0 Å². The largest absolute Gasteiger partial charge is 0.335 e. The second-order valence-electron chi connectivity index (χ2n) is 4.26. The molecule has 20 heavy (non-hydrogen) atoms. The highest BCUT2D eigenvalue weighted by Crippen LogP contribution is 2.11. The van der Waals surface area contributed by atoms with Crippen molar-refractivity contribution in [2.24, 2.45) is 0 Å². The first kappa shape index (κ1) is 16.2. The molecule has 0 fully saturated rings. The van der Waals surface area contributed by atoms with Crippen LogP contribution in [0.4, 0.5) is 0 Å². The van der Waals surface area contributed by atoms with Gasteiger partial charge >= 0.3 is 0 Å². The normalized spacial score (nSPS) is 10.8. The molecule has 1 rings (SSSR count). The zero-order chi connectivity index (χ0) is 15.0. The predicted molar refractivity (Wildman–Crippen MR) is 80.1 cm³/mol. The lowest BCUT2D eigenvalue weighted by atomic mass is 10.3. The molecular weight excluding hydrogens is 274 g/mol. The molecule has 0 aliphatic heterocycles. The highest BCUT2D eigenvalue weighted by atomic mass is 32.2. The minimum absolute atomic E-state index is 0.0428. The number of hydrogen-bond acceptors (Lipinski definition) is 3. The van der Waals surface area contributed by atoms with Crippen LogP contribution >= 0.6 is 0 Å². The first-order valence-electron chi connectivity index (χ1n) is 6.28. The average molecular weight is 293 g/mol. The van der Waals surface area contributed by atoms with Gasteiger partial charge in [0.15, 0.2) is 9.84 Å². The van der Waals surface area contributed by atoms with E-state index in [0.717, 1.165) is 0 Å². The standard InChI is InChI=1S/C15H19NO3S/c1-3-11-16(12-4-2)15(17)10-13-20(18,19)14-8-6-5-7-9-14/h3-9H,1-2,10-13H2. The highest BCUT2D eigenvalue weighted by Gasteiger charge is 2.18. The molecule has 0 heterocycles. The first-order valence-corrected chi connectivity index (χ1v) is 7.94. The van der Waals surface area contributed by atoms with Crippen molar-refractivity contribution in [1.29, 1.82) is 0 Å². The topological polar surface area (TPSA) is 54.5 Å². The molecule has 0 saturated heterocycles. The van der Waals surface area contributed by atoms with Crippen molar-refractivity contribution in [3.8, 4) is 0 Å². The maximum Gasteiger partial charge on any atom is 0.224 e. The number of amides is 1. The molecular formula is C15H19NO3S. The van der Waals surface area contributed by atoms with E-state index in [1.54, 1.807) is 30.4 Å². The summed E-state index contributed by atoms with van der Waals surface area (Å²) in [5.41, 5.74) is 0. The Labute approximate surface area is 120 Å². The first-order chi connectivity index (χ1) is 9.51. The minimum atomic E-state index is -3.42. The summed E-state index contributed by atoms with van der Waals surface area (Å²) in [4.78, 5) is 13.7. The van der Waals surface area contributed by atoms with Gasteiger partial charge in [0.2, 0.25) is 5.91 Å². The Bertz CT molecular complexity index is 554. The molecule has 1 aromatic rings. The van der Waals surface area contributed by atoms with Crippen molar-refractivity contribution < 1.29 is 13.2 Å². The summed E-state index contributed by atoms with van der Waals surface area (Å²) in [6.45, 7) is 7.92. The van der Waals surface area contributed by atoms with Crippen LogP contribution in [0, 0.1) is 0 Å². The van der Waals surface area contributed by atoms with Crippen LogP contribution in [0.25, 0.3) is 0 Å². The molecule has 0 atom stereocenters. The van der Waals surface area contributed by atoms with E-state index in [-0.39, 0.29) is 23.0 Å². The van der Waals surface area contributed by atoms with E-state index in [1.165, 1.54) is 17.0 Å². The quantitative estimate of drug-likeness (QED) is 0.689. The van der Waals surface area contributed by atoms with E-state index in [4.69, 9.17) is 0 Å². The lowest BCUT2D eigenvalue weighted by Gasteiger charge is -2.19. The third-order valence-electron chi connectivity index (χ3n) is 2.74. The lowest BCUT2D eigenvalue weighted by molar-refractivity contribution is -0.129. The van der Waals surface area contributed by atoms with Gasteiger partial charge in [-0.05, 0) is 12.1 Å². The van der Waals surface area contributed by atoms with Crippen LogP contribution in [0.3, 0.4) is 0 Å². The fourth-order valence-electron chi connectivity index (χ4n) is 1.72. The molecule has 0 aliphatic carbocycles. The van der Waals surface area contributed by atoms with Gasteiger partial charge in [-0.15, -0.1) is 13.2 Å². The second-order valence-corrected chi connectivity index (χ2v) is 6.37. The van der Waals surface area contributed by atoms with Gasteiger partial charge in [0.05, 0.1) is 10.6 Å². The van der Waals surface area contributed by atoms with Crippen molar-refractivity contribution in [2.75, 3.05) is 18.8 Å². The molecule has 0 spiro atoms. The number of sulfone groups is 1. The van der Waals surface area contributed by atoms with Gasteiger partial charge in [-0.1, -0.05) is 30.4 Å². The zero-order valence-corrected chi connectivity index (χ0v) is 12.2. The highest BCUT2D eigenvalue weighted by molar-refractivity contribution is 7.91. The molecule has 4 nitrogen and oxygen atoms in total. The summed E-state index contributed by atoms with van der Waals surface area (Å²) >= 11 is 0. The Balaban J connectivity index is 2.68. The van der Waals surface area contributed by atoms with Crippen molar-refractivity contribution in [2.45, 2.75) is 11.3 Å². The van der Waals surface area contributed by atoms with E-state index in [9.17, 15) is 13.2 Å². The molecule has 0 aliphatic rings. The monoisotopic (exact) mass is 293 g/mol. The van der Waals surface area contributed by atoms with Crippen LogP contribution in [-0.4, -0.2) is 38.1 Å². The number of carbonyl (C=O) groups is 1. The fourth-order valence-corrected chi connectivity index (χ4v) is 2.97. The van der Waals surface area contributed by atoms with Crippen LogP contribution in [0.2, 0.25) is 0 Å². The Kier molecular flexibility index (Phi) is 6.18. The Morgan fingerprint density at radius 3 is 2.15 bits per heavy atom.